The van der Waals surface area contributed by atoms with Gasteiger partial charge in [-0.25, -0.2) is 17.5 Å². The molecule has 1 unspecified atom stereocenters. The van der Waals surface area contributed by atoms with E-state index in [-0.39, 0.29) is 12.1 Å². The number of nitrogens with one attached hydrogen (secondary N) is 2. The van der Waals surface area contributed by atoms with Crippen LogP contribution in [0.3, 0.4) is 0 Å². The van der Waals surface area contributed by atoms with Crippen LogP contribution in [-0.2, 0) is 10.0 Å². The van der Waals surface area contributed by atoms with Crippen molar-refractivity contribution >= 4 is 27.7 Å². The number of hydrogen-bond donors (Lipinski definition) is 2. The molecule has 2 amide bonds. The van der Waals surface area contributed by atoms with Crippen LogP contribution in [0.4, 0.5) is 4.79 Å². The van der Waals surface area contributed by atoms with Crippen molar-refractivity contribution in [2.75, 3.05) is 26.4 Å². The Balaban J connectivity index is 2.32. The van der Waals surface area contributed by atoms with E-state index in [0.29, 0.717) is 24.5 Å². The van der Waals surface area contributed by atoms with Crippen molar-refractivity contribution in [1.82, 2.24) is 14.9 Å². The average molecular weight is 348 g/mol. The fourth-order valence-electron chi connectivity index (χ4n) is 1.78. The van der Waals surface area contributed by atoms with Gasteiger partial charge in [-0.05, 0) is 31.0 Å². The van der Waals surface area contributed by atoms with Crippen LogP contribution in [0.2, 0.25) is 5.02 Å². The lowest BCUT2D eigenvalue weighted by molar-refractivity contribution is 0.237. The Bertz CT molecular complexity index is 607. The van der Waals surface area contributed by atoms with Crippen LogP contribution in [-0.4, -0.2) is 45.1 Å². The van der Waals surface area contributed by atoms with E-state index in [1.165, 1.54) is 11.4 Å². The van der Waals surface area contributed by atoms with E-state index in [1.54, 1.807) is 12.1 Å². The van der Waals surface area contributed by atoms with Crippen molar-refractivity contribution in [1.29, 1.82) is 0 Å². The third kappa shape index (κ3) is 6.64. The van der Waals surface area contributed by atoms with Gasteiger partial charge in [0.1, 0.15) is 0 Å². The second-order valence-corrected chi connectivity index (χ2v) is 7.64. The maximum atomic E-state index is 11.8. The van der Waals surface area contributed by atoms with Crippen LogP contribution in [0.1, 0.15) is 24.9 Å². The van der Waals surface area contributed by atoms with Crippen LogP contribution >= 0.6 is 11.6 Å². The molecule has 0 aromatic heterocycles. The third-order valence-corrected chi connectivity index (χ3v) is 4.75. The highest BCUT2D eigenvalue weighted by Crippen LogP contribution is 2.16. The lowest BCUT2D eigenvalue weighted by Crippen LogP contribution is -2.38. The van der Waals surface area contributed by atoms with Crippen molar-refractivity contribution in [3.8, 4) is 0 Å². The molecule has 0 aliphatic rings. The highest BCUT2D eigenvalue weighted by molar-refractivity contribution is 7.88. The summed E-state index contributed by atoms with van der Waals surface area (Å²) in [5.74, 6) is 0. The lowest BCUT2D eigenvalue weighted by Gasteiger charge is -2.16. The Morgan fingerprint density at radius 3 is 2.68 bits per heavy atom. The van der Waals surface area contributed by atoms with Crippen molar-refractivity contribution < 1.29 is 13.2 Å². The van der Waals surface area contributed by atoms with E-state index in [1.807, 2.05) is 19.1 Å². The van der Waals surface area contributed by atoms with Crippen molar-refractivity contribution in [2.45, 2.75) is 19.4 Å². The maximum Gasteiger partial charge on any atom is 0.315 e. The normalized spacial score (nSPS) is 13.0. The first kappa shape index (κ1) is 18.7. The number of benzene rings is 1. The number of carbonyl (C=O) groups excluding carboxylic acids is 1. The summed E-state index contributed by atoms with van der Waals surface area (Å²) in [4.78, 5) is 11.8. The molecule has 8 heteroatoms. The monoisotopic (exact) mass is 347 g/mol. The van der Waals surface area contributed by atoms with E-state index in [0.717, 1.165) is 11.8 Å². The molecule has 0 aliphatic carbocycles. The molecule has 0 spiro atoms. The van der Waals surface area contributed by atoms with Gasteiger partial charge in [-0.1, -0.05) is 23.7 Å². The SMILES string of the molecule is CC(NC(=O)NCCCN(C)S(C)(=O)=O)c1cccc(Cl)c1. The average Bonchev–Trinajstić information content (AvgIpc) is 2.42. The topological polar surface area (TPSA) is 78.5 Å². The first-order valence-electron chi connectivity index (χ1n) is 6.91. The number of carbonyl (C=O) groups is 1. The number of amides is 2. The minimum absolute atomic E-state index is 0.169. The molecule has 2 N–H and O–H groups in total. The summed E-state index contributed by atoms with van der Waals surface area (Å²) in [5, 5.41) is 6.12. The van der Waals surface area contributed by atoms with Crippen LogP contribution in [0.15, 0.2) is 24.3 Å². The Hall–Kier alpha value is -1.31. The van der Waals surface area contributed by atoms with Crippen LogP contribution in [0.25, 0.3) is 0 Å². The molecule has 0 radical (unpaired) electrons. The summed E-state index contributed by atoms with van der Waals surface area (Å²) < 4.78 is 23.7. The molecule has 1 atom stereocenters. The predicted molar refractivity (Wildman–Crippen MR) is 88.5 cm³/mol. The lowest BCUT2D eigenvalue weighted by atomic mass is 10.1. The van der Waals surface area contributed by atoms with Gasteiger partial charge in [0.15, 0.2) is 0 Å². The molecule has 6 nitrogen and oxygen atoms in total. The van der Waals surface area contributed by atoms with Crippen LogP contribution < -0.4 is 10.6 Å². The molecular formula is C14H22ClN3O3S. The first-order chi connectivity index (χ1) is 10.2. The van der Waals surface area contributed by atoms with Crippen LogP contribution in [0, 0.1) is 0 Å². The molecule has 0 aliphatic heterocycles. The minimum Gasteiger partial charge on any atom is -0.338 e. The standard InChI is InChI=1S/C14H22ClN3O3S/c1-11(12-6-4-7-13(15)10-12)17-14(19)16-8-5-9-18(2)22(3,20)21/h4,6-7,10-11H,5,8-9H2,1-3H3,(H2,16,17,19). The van der Waals surface area contributed by atoms with Gasteiger partial charge in [0.05, 0.1) is 12.3 Å². The van der Waals surface area contributed by atoms with Gasteiger partial charge < -0.3 is 10.6 Å². The number of halogens is 1. The summed E-state index contributed by atoms with van der Waals surface area (Å²) in [6, 6.07) is 6.82. The molecule has 0 saturated carbocycles. The number of rotatable bonds is 7. The highest BCUT2D eigenvalue weighted by Gasteiger charge is 2.11. The number of sulfonamides is 1. The fourth-order valence-corrected chi connectivity index (χ4v) is 2.44. The summed E-state index contributed by atoms with van der Waals surface area (Å²) in [6.07, 6.45) is 1.70. The summed E-state index contributed by atoms with van der Waals surface area (Å²) in [5.41, 5.74) is 0.916. The van der Waals surface area contributed by atoms with E-state index in [2.05, 4.69) is 10.6 Å². The fraction of sp³-hybridized carbons (Fsp3) is 0.500. The van der Waals surface area contributed by atoms with Gasteiger partial charge in [-0.2, -0.15) is 0 Å². The molecule has 0 bridgehead atoms. The Labute approximate surface area is 136 Å². The van der Waals surface area contributed by atoms with Crippen LogP contribution in [0.5, 0.6) is 0 Å². The van der Waals surface area contributed by atoms with Crippen molar-refractivity contribution in [3.05, 3.63) is 34.9 Å². The Morgan fingerprint density at radius 1 is 1.41 bits per heavy atom. The minimum atomic E-state index is -3.17. The van der Waals surface area contributed by atoms with Gasteiger partial charge in [0.2, 0.25) is 10.0 Å². The maximum absolute atomic E-state index is 11.8. The molecule has 1 aromatic carbocycles. The molecule has 0 saturated heterocycles. The van der Waals surface area contributed by atoms with E-state index in [4.69, 9.17) is 11.6 Å². The molecule has 1 aromatic rings. The van der Waals surface area contributed by atoms with Gasteiger partial charge in [-0.3, -0.25) is 0 Å². The van der Waals surface area contributed by atoms with E-state index in [9.17, 15) is 13.2 Å². The zero-order valence-electron chi connectivity index (χ0n) is 13.0. The highest BCUT2D eigenvalue weighted by atomic mass is 35.5. The summed E-state index contributed by atoms with van der Waals surface area (Å²) >= 11 is 5.91. The zero-order chi connectivity index (χ0) is 16.8. The van der Waals surface area contributed by atoms with Gasteiger partial charge >= 0.3 is 6.03 Å². The molecule has 1 rings (SSSR count). The summed E-state index contributed by atoms with van der Waals surface area (Å²) in [7, 11) is -1.66. The quantitative estimate of drug-likeness (QED) is 0.740. The van der Waals surface area contributed by atoms with Crippen molar-refractivity contribution in [3.63, 3.8) is 0 Å². The third-order valence-electron chi connectivity index (χ3n) is 3.20. The molecule has 0 fully saturated rings. The van der Waals surface area contributed by atoms with Crippen molar-refractivity contribution in [2.24, 2.45) is 0 Å². The second kappa shape index (κ2) is 8.36. The number of hydrogen-bond acceptors (Lipinski definition) is 3. The number of nitrogens with zero attached hydrogens (tertiary/aromatic N) is 1. The number of urea groups is 1. The van der Waals surface area contributed by atoms with Gasteiger partial charge in [-0.15, -0.1) is 0 Å². The van der Waals surface area contributed by atoms with Gasteiger partial charge in [0, 0.05) is 25.2 Å². The molecule has 0 heterocycles. The Kier molecular flexibility index (Phi) is 7.12. The largest absolute Gasteiger partial charge is 0.338 e. The molecular weight excluding hydrogens is 326 g/mol. The Morgan fingerprint density at radius 2 is 2.09 bits per heavy atom. The first-order valence-corrected chi connectivity index (χ1v) is 9.14. The smallest absolute Gasteiger partial charge is 0.315 e. The second-order valence-electron chi connectivity index (χ2n) is 5.12. The van der Waals surface area contributed by atoms with Gasteiger partial charge in [0.25, 0.3) is 0 Å². The zero-order valence-corrected chi connectivity index (χ0v) is 14.5. The van der Waals surface area contributed by atoms with E-state index >= 15 is 0 Å². The van der Waals surface area contributed by atoms with E-state index < -0.39 is 10.0 Å². The summed E-state index contributed by atoms with van der Waals surface area (Å²) in [6.45, 7) is 2.62. The molecule has 22 heavy (non-hydrogen) atoms. The molecule has 124 valence electrons. The predicted octanol–water partition coefficient (Wildman–Crippen LogP) is 1.98.